The van der Waals surface area contributed by atoms with Gasteiger partial charge in [0.15, 0.2) is 5.65 Å². The van der Waals surface area contributed by atoms with Crippen LogP contribution >= 0.6 is 0 Å². The summed E-state index contributed by atoms with van der Waals surface area (Å²) in [5.41, 5.74) is 6.56. The van der Waals surface area contributed by atoms with E-state index in [1.165, 1.54) is 12.3 Å². The fraction of sp³-hybridized carbons (Fsp3) is 0.375. The number of nitrogens with one attached hydrogen (secondary N) is 2. The quantitative estimate of drug-likeness (QED) is 0.668. The molecule has 1 fully saturated rings. The smallest absolute Gasteiger partial charge is 0.252 e. The monoisotopic (exact) mass is 344 g/mol. The first kappa shape index (κ1) is 16.9. The van der Waals surface area contributed by atoms with E-state index < -0.39 is 5.91 Å². The van der Waals surface area contributed by atoms with Crippen LogP contribution in [0.3, 0.4) is 0 Å². The maximum atomic E-state index is 11.8. The molecule has 0 radical (unpaired) electrons. The summed E-state index contributed by atoms with van der Waals surface area (Å²) in [6, 6.07) is -0.0402. The number of primary amides is 1. The minimum atomic E-state index is -0.566. The van der Waals surface area contributed by atoms with Gasteiger partial charge in [-0.2, -0.15) is 0 Å². The molecule has 2 amide bonds. The van der Waals surface area contributed by atoms with Crippen molar-refractivity contribution in [3.63, 3.8) is 0 Å². The molecule has 1 saturated heterocycles. The average molecular weight is 344 g/mol. The summed E-state index contributed by atoms with van der Waals surface area (Å²) in [5.74, 6) is -0.158. The van der Waals surface area contributed by atoms with Gasteiger partial charge >= 0.3 is 0 Å². The Balaban J connectivity index is 1.78. The zero-order chi connectivity index (χ0) is 18.0. The number of anilines is 1. The van der Waals surface area contributed by atoms with Crippen LogP contribution in [0.2, 0.25) is 0 Å². The minimum absolute atomic E-state index is 0.0402. The number of aromatic nitrogens is 3. The predicted molar refractivity (Wildman–Crippen MR) is 92.0 cm³/mol. The van der Waals surface area contributed by atoms with E-state index in [2.05, 4.69) is 26.8 Å². The lowest BCUT2D eigenvalue weighted by Gasteiger charge is -2.37. The fourth-order valence-corrected chi connectivity index (χ4v) is 2.99. The van der Waals surface area contributed by atoms with Crippen LogP contribution in [0.15, 0.2) is 25.0 Å². The van der Waals surface area contributed by atoms with E-state index in [0.717, 1.165) is 0 Å². The molecule has 1 aliphatic rings. The summed E-state index contributed by atoms with van der Waals surface area (Å²) in [6.07, 6.45) is 4.87. The Morgan fingerprint density at radius 3 is 3.04 bits per heavy atom. The van der Waals surface area contributed by atoms with E-state index in [1.54, 1.807) is 18.2 Å². The number of nitrogens with zero attached hydrogens (tertiary/aromatic N) is 3. The number of fused-ring (bicyclic) bond motifs is 1. The van der Waals surface area contributed by atoms with E-state index in [0.29, 0.717) is 42.1 Å². The first-order valence-electron chi connectivity index (χ1n) is 7.88. The van der Waals surface area contributed by atoms with Gasteiger partial charge in [-0.3, -0.25) is 9.59 Å². The van der Waals surface area contributed by atoms with E-state index in [1.807, 2.05) is 0 Å². The van der Waals surface area contributed by atoms with Crippen molar-refractivity contribution in [2.75, 3.05) is 25.5 Å². The van der Waals surface area contributed by atoms with Gasteiger partial charge in [-0.05, 0) is 12.5 Å². The molecule has 132 valence electrons. The Bertz CT molecular complexity index is 817. The van der Waals surface area contributed by atoms with Gasteiger partial charge in [0.05, 0.1) is 23.9 Å². The Labute approximate surface area is 144 Å². The maximum Gasteiger partial charge on any atom is 0.252 e. The normalized spacial score (nSPS) is 20.4. The standard InChI is InChI=1S/C16H20N6O3/c1-3-13(23)22-5-4-10(11(8-22)25-2)20-12-7-19-16-14(21-12)9(6-18-16)15(17)24/h3,6-7,10-11H,1,4-5,8H2,2H3,(H2,17,24)(H,18,19)(H,20,21)/t10-,11?/m0/s1. The molecule has 0 saturated carbocycles. The number of piperidine rings is 1. The highest BCUT2D eigenvalue weighted by Crippen LogP contribution is 2.20. The number of carbonyl (C=O) groups excluding carboxylic acids is 2. The molecular formula is C16H20N6O3. The topological polar surface area (TPSA) is 126 Å². The molecule has 0 bridgehead atoms. The van der Waals surface area contributed by atoms with Crippen molar-refractivity contribution in [3.8, 4) is 0 Å². The summed E-state index contributed by atoms with van der Waals surface area (Å²) in [5, 5.41) is 3.28. The molecule has 9 heteroatoms. The fourth-order valence-electron chi connectivity index (χ4n) is 2.99. The first-order valence-corrected chi connectivity index (χ1v) is 7.88. The molecule has 4 N–H and O–H groups in total. The second-order valence-electron chi connectivity index (χ2n) is 5.82. The van der Waals surface area contributed by atoms with Crippen LogP contribution in [0.4, 0.5) is 5.82 Å². The molecule has 1 aliphatic heterocycles. The minimum Gasteiger partial charge on any atom is -0.377 e. The summed E-state index contributed by atoms with van der Waals surface area (Å²) in [7, 11) is 1.60. The third-order valence-corrected chi connectivity index (χ3v) is 4.33. The van der Waals surface area contributed by atoms with E-state index in [-0.39, 0.29) is 18.1 Å². The van der Waals surface area contributed by atoms with Gasteiger partial charge in [0.25, 0.3) is 5.91 Å². The number of likely N-dealkylation sites (tertiary alicyclic amines) is 1. The van der Waals surface area contributed by atoms with Crippen LogP contribution in [0.25, 0.3) is 11.2 Å². The predicted octanol–water partition coefficient (Wildman–Crippen LogP) is 0.271. The summed E-state index contributed by atoms with van der Waals surface area (Å²) in [4.78, 5) is 36.5. The number of ether oxygens (including phenoxy) is 1. The highest BCUT2D eigenvalue weighted by molar-refractivity contribution is 6.03. The lowest BCUT2D eigenvalue weighted by molar-refractivity contribution is -0.129. The number of hydrogen-bond acceptors (Lipinski definition) is 6. The Morgan fingerprint density at radius 2 is 2.36 bits per heavy atom. The molecule has 0 spiro atoms. The van der Waals surface area contributed by atoms with E-state index >= 15 is 0 Å². The molecule has 9 nitrogen and oxygen atoms in total. The largest absolute Gasteiger partial charge is 0.377 e. The van der Waals surface area contributed by atoms with Gasteiger partial charge in [0.1, 0.15) is 11.3 Å². The zero-order valence-corrected chi connectivity index (χ0v) is 13.9. The van der Waals surface area contributed by atoms with Crippen molar-refractivity contribution in [3.05, 3.63) is 30.6 Å². The van der Waals surface area contributed by atoms with Crippen LogP contribution in [0, 0.1) is 0 Å². The van der Waals surface area contributed by atoms with E-state index in [4.69, 9.17) is 10.5 Å². The molecular weight excluding hydrogens is 324 g/mol. The van der Waals surface area contributed by atoms with Crippen LogP contribution in [-0.2, 0) is 9.53 Å². The number of nitrogens with two attached hydrogens (primary N) is 1. The van der Waals surface area contributed by atoms with Gasteiger partial charge in [0.2, 0.25) is 5.91 Å². The third kappa shape index (κ3) is 3.31. The van der Waals surface area contributed by atoms with Gasteiger partial charge in [-0.15, -0.1) is 0 Å². The van der Waals surface area contributed by atoms with Gasteiger partial charge < -0.3 is 25.7 Å². The molecule has 2 aromatic heterocycles. The summed E-state index contributed by atoms with van der Waals surface area (Å²) < 4.78 is 5.52. The third-order valence-electron chi connectivity index (χ3n) is 4.33. The molecule has 1 unspecified atom stereocenters. The molecule has 2 atom stereocenters. The number of amides is 2. The zero-order valence-electron chi connectivity index (χ0n) is 13.9. The maximum absolute atomic E-state index is 11.8. The molecule has 0 aromatic carbocycles. The molecule has 0 aliphatic carbocycles. The van der Waals surface area contributed by atoms with Crippen molar-refractivity contribution in [1.82, 2.24) is 19.9 Å². The first-order chi connectivity index (χ1) is 12.0. The number of methoxy groups -OCH3 is 1. The summed E-state index contributed by atoms with van der Waals surface area (Å²) in [6.45, 7) is 4.57. The van der Waals surface area contributed by atoms with Gasteiger partial charge in [-0.25, -0.2) is 9.97 Å². The van der Waals surface area contributed by atoms with Crippen LogP contribution in [0.5, 0.6) is 0 Å². The second kappa shape index (κ2) is 6.89. The summed E-state index contributed by atoms with van der Waals surface area (Å²) >= 11 is 0. The second-order valence-corrected chi connectivity index (χ2v) is 5.82. The molecule has 3 rings (SSSR count). The van der Waals surface area contributed by atoms with Crippen LogP contribution in [0.1, 0.15) is 16.8 Å². The number of H-pyrrole nitrogens is 1. The van der Waals surface area contributed by atoms with Crippen LogP contribution < -0.4 is 11.1 Å². The van der Waals surface area contributed by atoms with Crippen molar-refractivity contribution >= 4 is 28.8 Å². The Morgan fingerprint density at radius 1 is 1.56 bits per heavy atom. The molecule has 25 heavy (non-hydrogen) atoms. The highest BCUT2D eigenvalue weighted by atomic mass is 16.5. The van der Waals surface area contributed by atoms with Crippen molar-refractivity contribution in [2.45, 2.75) is 18.6 Å². The number of carbonyl (C=O) groups is 2. The lowest BCUT2D eigenvalue weighted by atomic mass is 10.0. The van der Waals surface area contributed by atoms with E-state index in [9.17, 15) is 9.59 Å². The molecule has 2 aromatic rings. The number of hydrogen-bond donors (Lipinski definition) is 3. The average Bonchev–Trinajstić information content (AvgIpc) is 3.04. The lowest BCUT2D eigenvalue weighted by Crippen LogP contribution is -2.52. The van der Waals surface area contributed by atoms with Crippen LogP contribution in [-0.4, -0.2) is 64.0 Å². The number of aromatic amines is 1. The SMILES string of the molecule is C=CC(=O)N1CC[C@H](Nc2cnc3[nH]cc(C(N)=O)c3n2)C(OC)C1. The highest BCUT2D eigenvalue weighted by Gasteiger charge is 2.31. The van der Waals surface area contributed by atoms with Gasteiger partial charge in [0, 0.05) is 26.4 Å². The molecule has 3 heterocycles. The van der Waals surface area contributed by atoms with Crippen molar-refractivity contribution in [1.29, 1.82) is 0 Å². The number of rotatable bonds is 5. The van der Waals surface area contributed by atoms with Crippen molar-refractivity contribution < 1.29 is 14.3 Å². The Hall–Kier alpha value is -2.94. The van der Waals surface area contributed by atoms with Crippen molar-refractivity contribution in [2.24, 2.45) is 5.73 Å². The Kier molecular flexibility index (Phi) is 4.66. The van der Waals surface area contributed by atoms with Gasteiger partial charge in [-0.1, -0.05) is 6.58 Å².